The lowest BCUT2D eigenvalue weighted by atomic mass is 10.0. The molecular formula is C16H15NO3. The highest BCUT2D eigenvalue weighted by atomic mass is 16.3. The Bertz CT molecular complexity index is 586. The summed E-state index contributed by atoms with van der Waals surface area (Å²) in [5.74, 6) is 6.56. The molecule has 3 N–H and O–H groups in total. The summed E-state index contributed by atoms with van der Waals surface area (Å²) in [6.07, 6.45) is 14.8. The van der Waals surface area contributed by atoms with Crippen molar-refractivity contribution in [3.63, 3.8) is 0 Å². The predicted molar refractivity (Wildman–Crippen MR) is 76.8 cm³/mol. The molecular weight excluding hydrogens is 254 g/mol. The van der Waals surface area contributed by atoms with Crippen LogP contribution < -0.4 is 0 Å². The van der Waals surface area contributed by atoms with Crippen LogP contribution in [0.2, 0.25) is 0 Å². The number of aliphatic hydroxyl groups excluding tert-OH is 1. The first-order valence-electron chi connectivity index (χ1n) is 5.83. The number of phenolic OH excluding ortho intramolecular Hbond substituents is 2. The Balaban J connectivity index is 3.00. The maximum Gasteiger partial charge on any atom is 0.158 e. The lowest BCUT2D eigenvalue weighted by Gasteiger charge is -2.22. The second-order valence-corrected chi connectivity index (χ2v) is 4.17. The molecule has 0 saturated carbocycles. The molecule has 1 atom stereocenters. The van der Waals surface area contributed by atoms with Crippen LogP contribution in [0.4, 0.5) is 0 Å². The van der Waals surface area contributed by atoms with Crippen molar-refractivity contribution in [3.8, 4) is 48.5 Å². The molecule has 0 spiro atoms. The van der Waals surface area contributed by atoms with Crippen LogP contribution in [-0.4, -0.2) is 39.9 Å². The van der Waals surface area contributed by atoms with E-state index in [9.17, 15) is 15.3 Å². The molecule has 0 aromatic heterocycles. The molecule has 0 bridgehead atoms. The summed E-state index contributed by atoms with van der Waals surface area (Å²) in [5, 5.41) is 29.1. The first kappa shape index (κ1) is 15.5. The Morgan fingerprint density at radius 1 is 1.05 bits per heavy atom. The van der Waals surface area contributed by atoms with Gasteiger partial charge in [0.25, 0.3) is 0 Å². The van der Waals surface area contributed by atoms with E-state index < -0.39 is 6.10 Å². The molecule has 4 heteroatoms. The number of rotatable bonds is 5. The van der Waals surface area contributed by atoms with E-state index in [4.69, 9.17) is 19.3 Å². The van der Waals surface area contributed by atoms with Crippen LogP contribution >= 0.6 is 0 Å². The van der Waals surface area contributed by atoms with Crippen LogP contribution in [0, 0.1) is 37.0 Å². The molecule has 0 radical (unpaired) electrons. The van der Waals surface area contributed by atoms with Crippen LogP contribution in [0.3, 0.4) is 0 Å². The Morgan fingerprint density at radius 3 is 2.10 bits per heavy atom. The average Bonchev–Trinajstić information content (AvgIpc) is 2.41. The van der Waals surface area contributed by atoms with Crippen LogP contribution in [0.25, 0.3) is 0 Å². The van der Waals surface area contributed by atoms with Gasteiger partial charge in [-0.3, -0.25) is 4.90 Å². The molecule has 0 aliphatic rings. The lowest BCUT2D eigenvalue weighted by molar-refractivity contribution is 0.127. The fourth-order valence-electron chi connectivity index (χ4n) is 1.78. The van der Waals surface area contributed by atoms with Gasteiger partial charge in [0.2, 0.25) is 0 Å². The third-order valence-corrected chi connectivity index (χ3v) is 2.72. The summed E-state index contributed by atoms with van der Waals surface area (Å²) >= 11 is 0. The third-order valence-electron chi connectivity index (χ3n) is 2.72. The molecule has 0 heterocycles. The van der Waals surface area contributed by atoms with Gasteiger partial charge in [0, 0.05) is 17.7 Å². The molecule has 0 aliphatic heterocycles. The highest BCUT2D eigenvalue weighted by molar-refractivity contribution is 5.52. The monoisotopic (exact) mass is 269 g/mol. The van der Waals surface area contributed by atoms with Gasteiger partial charge in [-0.15, -0.1) is 19.3 Å². The Morgan fingerprint density at radius 2 is 1.60 bits per heavy atom. The molecule has 102 valence electrons. The Labute approximate surface area is 118 Å². The van der Waals surface area contributed by atoms with Gasteiger partial charge in [0.15, 0.2) is 11.5 Å². The number of terminal acetylenes is 3. The van der Waals surface area contributed by atoms with Crippen LogP contribution in [0.5, 0.6) is 11.5 Å². The summed E-state index contributed by atoms with van der Waals surface area (Å²) in [7, 11) is 0. The molecule has 1 aromatic rings. The molecule has 0 fully saturated rings. The minimum Gasteiger partial charge on any atom is -0.504 e. The minimum absolute atomic E-state index is 0.174. The van der Waals surface area contributed by atoms with E-state index in [1.54, 1.807) is 4.90 Å². The van der Waals surface area contributed by atoms with Crippen molar-refractivity contribution in [2.24, 2.45) is 0 Å². The van der Waals surface area contributed by atoms with Crippen molar-refractivity contribution in [2.75, 3.05) is 19.6 Å². The molecule has 0 aliphatic carbocycles. The first-order chi connectivity index (χ1) is 9.53. The smallest absolute Gasteiger partial charge is 0.158 e. The van der Waals surface area contributed by atoms with E-state index in [0.29, 0.717) is 11.1 Å². The fourth-order valence-corrected chi connectivity index (χ4v) is 1.78. The highest BCUT2D eigenvalue weighted by Crippen LogP contribution is 2.31. The van der Waals surface area contributed by atoms with Crippen molar-refractivity contribution in [1.82, 2.24) is 4.90 Å². The molecule has 1 unspecified atom stereocenters. The zero-order valence-corrected chi connectivity index (χ0v) is 10.9. The fraction of sp³-hybridized carbons (Fsp3) is 0.250. The second-order valence-electron chi connectivity index (χ2n) is 4.17. The van der Waals surface area contributed by atoms with E-state index in [1.807, 2.05) is 0 Å². The molecule has 4 nitrogen and oxygen atoms in total. The number of nitrogens with zero attached hydrogens (tertiary/aromatic N) is 1. The van der Waals surface area contributed by atoms with Gasteiger partial charge in [0.05, 0.1) is 19.2 Å². The van der Waals surface area contributed by atoms with Gasteiger partial charge in [-0.2, -0.15) is 0 Å². The lowest BCUT2D eigenvalue weighted by Crippen LogP contribution is -2.29. The van der Waals surface area contributed by atoms with E-state index in [2.05, 4.69) is 17.8 Å². The summed E-state index contributed by atoms with van der Waals surface area (Å²) in [4.78, 5) is 1.69. The van der Waals surface area contributed by atoms with Gasteiger partial charge in [0.1, 0.15) is 0 Å². The third kappa shape index (κ3) is 3.70. The van der Waals surface area contributed by atoms with Crippen LogP contribution in [0.15, 0.2) is 12.1 Å². The molecule has 1 aromatic carbocycles. The second kappa shape index (κ2) is 7.12. The van der Waals surface area contributed by atoms with Crippen molar-refractivity contribution in [3.05, 3.63) is 23.3 Å². The summed E-state index contributed by atoms with van der Waals surface area (Å²) in [6.45, 7) is 0.751. The quantitative estimate of drug-likeness (QED) is 0.543. The molecule has 0 saturated heterocycles. The van der Waals surface area contributed by atoms with Crippen LogP contribution in [0.1, 0.15) is 17.2 Å². The average molecular weight is 269 g/mol. The molecule has 20 heavy (non-hydrogen) atoms. The van der Waals surface area contributed by atoms with E-state index in [0.717, 1.165) is 0 Å². The zero-order chi connectivity index (χ0) is 15.1. The standard InChI is InChI=1S/C16H15NO3/c1-4-7-17(8-5-2)11-16(20)13-10-15(19)14(18)9-12(13)6-3/h1-3,9-10,16,18-20H,7-8,11H2. The van der Waals surface area contributed by atoms with Crippen molar-refractivity contribution < 1.29 is 15.3 Å². The topological polar surface area (TPSA) is 63.9 Å². The SMILES string of the molecule is C#CCN(CC#C)CC(O)c1cc(O)c(O)cc1C#C. The van der Waals surface area contributed by atoms with Gasteiger partial charge >= 0.3 is 0 Å². The summed E-state index contributed by atoms with van der Waals surface area (Å²) < 4.78 is 0. The van der Waals surface area contributed by atoms with Crippen molar-refractivity contribution in [2.45, 2.75) is 6.10 Å². The Hall–Kier alpha value is -2.58. The van der Waals surface area contributed by atoms with E-state index in [1.165, 1.54) is 12.1 Å². The van der Waals surface area contributed by atoms with Gasteiger partial charge in [-0.1, -0.05) is 17.8 Å². The number of benzene rings is 1. The van der Waals surface area contributed by atoms with Crippen molar-refractivity contribution >= 4 is 0 Å². The normalized spacial score (nSPS) is 11.3. The number of aliphatic hydroxyl groups is 1. The van der Waals surface area contributed by atoms with Crippen molar-refractivity contribution in [1.29, 1.82) is 0 Å². The van der Waals surface area contributed by atoms with E-state index in [-0.39, 0.29) is 31.1 Å². The summed E-state index contributed by atoms with van der Waals surface area (Å²) in [5.41, 5.74) is 0.635. The number of aromatic hydroxyl groups is 2. The molecule has 0 amide bonds. The molecule has 1 rings (SSSR count). The van der Waals surface area contributed by atoms with Gasteiger partial charge in [-0.05, 0) is 12.1 Å². The van der Waals surface area contributed by atoms with E-state index >= 15 is 0 Å². The largest absolute Gasteiger partial charge is 0.504 e. The predicted octanol–water partition coefficient (Wildman–Crippen LogP) is 0.681. The van der Waals surface area contributed by atoms with Crippen LogP contribution in [-0.2, 0) is 0 Å². The first-order valence-corrected chi connectivity index (χ1v) is 5.83. The number of phenols is 2. The summed E-state index contributed by atoms with van der Waals surface area (Å²) in [6, 6.07) is 2.46. The highest BCUT2D eigenvalue weighted by Gasteiger charge is 2.17. The number of hydrogen-bond donors (Lipinski definition) is 3. The maximum atomic E-state index is 10.2. The Kier molecular flexibility index (Phi) is 5.51. The zero-order valence-electron chi connectivity index (χ0n) is 10.9. The van der Waals surface area contributed by atoms with Gasteiger partial charge < -0.3 is 15.3 Å². The minimum atomic E-state index is -0.978. The number of hydrogen-bond acceptors (Lipinski definition) is 4. The maximum absolute atomic E-state index is 10.2. The van der Waals surface area contributed by atoms with Gasteiger partial charge in [-0.25, -0.2) is 0 Å².